The number of nitrogens with two attached hydrogens (primary N) is 1. The maximum atomic E-state index is 12.2. The number of carbonyl (C=O) groups excluding carboxylic acids is 1. The summed E-state index contributed by atoms with van der Waals surface area (Å²) in [7, 11) is 0. The van der Waals surface area contributed by atoms with Crippen LogP contribution in [0.25, 0.3) is 0 Å². The van der Waals surface area contributed by atoms with Gasteiger partial charge in [-0.3, -0.25) is 4.79 Å². The van der Waals surface area contributed by atoms with Gasteiger partial charge < -0.3 is 11.1 Å². The maximum absolute atomic E-state index is 12.2. The van der Waals surface area contributed by atoms with Crippen LogP contribution >= 0.6 is 0 Å². The Morgan fingerprint density at radius 3 is 2.31 bits per heavy atom. The van der Waals surface area contributed by atoms with Crippen molar-refractivity contribution < 1.29 is 4.79 Å². The molecule has 3 N–H and O–H groups in total. The van der Waals surface area contributed by atoms with Crippen molar-refractivity contribution in [2.45, 2.75) is 63.3 Å². The van der Waals surface area contributed by atoms with Gasteiger partial charge in [0.2, 0.25) is 5.91 Å². The molecule has 1 amide bonds. The second-order valence-corrected chi connectivity index (χ2v) is 5.52. The first-order valence-corrected chi connectivity index (χ1v) is 6.78. The normalized spacial score (nSPS) is 25.6. The first kappa shape index (κ1) is 11.9. The average molecular weight is 224 g/mol. The molecular formula is C13H24N2O. The molecule has 0 aliphatic heterocycles. The topological polar surface area (TPSA) is 55.1 Å². The average Bonchev–Trinajstić information content (AvgIpc) is 2.79. The van der Waals surface area contributed by atoms with E-state index in [1.165, 1.54) is 32.1 Å². The Morgan fingerprint density at radius 1 is 1.12 bits per heavy atom. The molecule has 0 spiro atoms. The first-order valence-electron chi connectivity index (χ1n) is 6.78. The largest absolute Gasteiger partial charge is 0.349 e. The van der Waals surface area contributed by atoms with Crippen LogP contribution in [-0.2, 0) is 4.79 Å². The molecule has 0 aromatic carbocycles. The fraction of sp³-hybridized carbons (Fsp3) is 0.923. The number of rotatable bonds is 3. The second-order valence-electron chi connectivity index (χ2n) is 5.52. The fourth-order valence-corrected chi connectivity index (χ4v) is 3.16. The number of hydrogen-bond donors (Lipinski definition) is 2. The number of nitrogens with one attached hydrogen (secondary N) is 1. The first-order chi connectivity index (χ1) is 7.76. The van der Waals surface area contributed by atoms with Crippen LogP contribution in [0.15, 0.2) is 0 Å². The van der Waals surface area contributed by atoms with Crippen LogP contribution in [-0.4, -0.2) is 18.0 Å². The molecule has 0 saturated heterocycles. The van der Waals surface area contributed by atoms with Crippen molar-refractivity contribution in [3.63, 3.8) is 0 Å². The van der Waals surface area contributed by atoms with Crippen LogP contribution in [0.4, 0.5) is 0 Å². The van der Waals surface area contributed by atoms with Crippen LogP contribution in [0.3, 0.4) is 0 Å². The van der Waals surface area contributed by atoms with E-state index >= 15 is 0 Å². The van der Waals surface area contributed by atoms with Gasteiger partial charge in [-0.05, 0) is 25.7 Å². The Kier molecular flexibility index (Phi) is 3.85. The molecule has 0 heterocycles. The predicted octanol–water partition coefficient (Wildman–Crippen LogP) is 1.95. The zero-order valence-electron chi connectivity index (χ0n) is 10.1. The van der Waals surface area contributed by atoms with Gasteiger partial charge in [0.1, 0.15) is 0 Å². The van der Waals surface area contributed by atoms with Gasteiger partial charge in [-0.1, -0.05) is 32.1 Å². The summed E-state index contributed by atoms with van der Waals surface area (Å²) < 4.78 is 0. The van der Waals surface area contributed by atoms with Crippen molar-refractivity contribution in [1.29, 1.82) is 0 Å². The third-order valence-electron chi connectivity index (χ3n) is 4.32. The number of carbonyl (C=O) groups is 1. The van der Waals surface area contributed by atoms with Crippen LogP contribution in [0, 0.1) is 5.92 Å². The Balaban J connectivity index is 1.89. The van der Waals surface area contributed by atoms with E-state index in [0.717, 1.165) is 25.7 Å². The van der Waals surface area contributed by atoms with E-state index in [9.17, 15) is 4.79 Å². The fourth-order valence-electron chi connectivity index (χ4n) is 3.16. The smallest absolute Gasteiger partial charge is 0.223 e. The van der Waals surface area contributed by atoms with Crippen molar-refractivity contribution in [2.24, 2.45) is 11.7 Å². The molecule has 92 valence electrons. The van der Waals surface area contributed by atoms with Crippen molar-refractivity contribution >= 4 is 5.91 Å². The second kappa shape index (κ2) is 5.17. The Hall–Kier alpha value is -0.570. The quantitative estimate of drug-likeness (QED) is 0.770. The molecule has 2 aliphatic rings. The lowest BCUT2D eigenvalue weighted by Crippen LogP contribution is -2.53. The van der Waals surface area contributed by atoms with E-state index in [1.807, 2.05) is 0 Å². The summed E-state index contributed by atoms with van der Waals surface area (Å²) in [6.07, 6.45) is 10.4. The highest BCUT2D eigenvalue weighted by Crippen LogP contribution is 2.30. The third kappa shape index (κ3) is 2.57. The van der Waals surface area contributed by atoms with Crippen LogP contribution in [0.2, 0.25) is 0 Å². The zero-order chi connectivity index (χ0) is 11.4. The molecule has 2 fully saturated rings. The van der Waals surface area contributed by atoms with Crippen molar-refractivity contribution in [2.75, 3.05) is 6.54 Å². The molecule has 3 heteroatoms. The molecule has 0 aromatic rings. The van der Waals surface area contributed by atoms with Gasteiger partial charge in [-0.25, -0.2) is 0 Å². The van der Waals surface area contributed by atoms with E-state index in [1.54, 1.807) is 0 Å². The molecule has 2 saturated carbocycles. The molecule has 16 heavy (non-hydrogen) atoms. The summed E-state index contributed by atoms with van der Waals surface area (Å²) in [5.74, 6) is 0.532. The van der Waals surface area contributed by atoms with Gasteiger partial charge in [0.25, 0.3) is 0 Å². The Morgan fingerprint density at radius 2 is 1.75 bits per heavy atom. The summed E-state index contributed by atoms with van der Waals surface area (Å²) >= 11 is 0. The van der Waals surface area contributed by atoms with E-state index in [2.05, 4.69) is 5.32 Å². The molecule has 0 atom stereocenters. The third-order valence-corrected chi connectivity index (χ3v) is 4.32. The summed E-state index contributed by atoms with van der Waals surface area (Å²) in [5.41, 5.74) is 5.77. The minimum atomic E-state index is -0.0610. The van der Waals surface area contributed by atoms with Crippen LogP contribution < -0.4 is 11.1 Å². The summed E-state index contributed by atoms with van der Waals surface area (Å²) in [5, 5.41) is 3.25. The van der Waals surface area contributed by atoms with Gasteiger partial charge in [-0.2, -0.15) is 0 Å². The number of amides is 1. The highest BCUT2D eigenvalue weighted by molar-refractivity contribution is 5.79. The monoisotopic (exact) mass is 224 g/mol. The van der Waals surface area contributed by atoms with Gasteiger partial charge in [0.15, 0.2) is 0 Å². The lowest BCUT2D eigenvalue weighted by Gasteiger charge is -2.32. The highest BCUT2D eigenvalue weighted by atomic mass is 16.2. The van der Waals surface area contributed by atoms with Crippen molar-refractivity contribution in [3.05, 3.63) is 0 Å². The van der Waals surface area contributed by atoms with E-state index in [-0.39, 0.29) is 17.4 Å². The van der Waals surface area contributed by atoms with Crippen molar-refractivity contribution in [1.82, 2.24) is 5.32 Å². The number of hydrogen-bond acceptors (Lipinski definition) is 2. The summed E-state index contributed by atoms with van der Waals surface area (Å²) in [4.78, 5) is 12.2. The highest BCUT2D eigenvalue weighted by Gasteiger charge is 2.35. The lowest BCUT2D eigenvalue weighted by molar-refractivity contribution is -0.127. The van der Waals surface area contributed by atoms with Gasteiger partial charge >= 0.3 is 0 Å². The summed E-state index contributed by atoms with van der Waals surface area (Å²) in [6.45, 7) is 0.603. The maximum Gasteiger partial charge on any atom is 0.223 e. The molecule has 3 nitrogen and oxygen atoms in total. The minimum absolute atomic E-state index is 0.0610. The molecule has 0 aromatic heterocycles. The molecule has 0 unspecified atom stereocenters. The minimum Gasteiger partial charge on any atom is -0.349 e. The van der Waals surface area contributed by atoms with E-state index < -0.39 is 0 Å². The Labute approximate surface area is 98.2 Å². The summed E-state index contributed by atoms with van der Waals surface area (Å²) in [6, 6.07) is 0. The van der Waals surface area contributed by atoms with E-state index in [4.69, 9.17) is 5.73 Å². The molecule has 2 rings (SSSR count). The van der Waals surface area contributed by atoms with Gasteiger partial charge in [0, 0.05) is 12.5 Å². The lowest BCUT2D eigenvalue weighted by atomic mass is 9.87. The van der Waals surface area contributed by atoms with Gasteiger partial charge in [0.05, 0.1) is 5.54 Å². The Bertz CT molecular complexity index is 240. The molecular weight excluding hydrogens is 200 g/mol. The standard InChI is InChI=1S/C13H24N2O/c14-10-13(8-4-5-9-13)15-12(16)11-6-2-1-3-7-11/h11H,1-10,14H2,(H,15,16). The SMILES string of the molecule is NCC1(NC(=O)C2CCCCC2)CCCC1. The van der Waals surface area contributed by atoms with Crippen LogP contribution in [0.5, 0.6) is 0 Å². The zero-order valence-corrected chi connectivity index (χ0v) is 10.1. The van der Waals surface area contributed by atoms with E-state index in [0.29, 0.717) is 6.54 Å². The van der Waals surface area contributed by atoms with Crippen molar-refractivity contribution in [3.8, 4) is 0 Å². The molecule has 2 aliphatic carbocycles. The molecule has 0 bridgehead atoms. The predicted molar refractivity (Wildman–Crippen MR) is 65.0 cm³/mol. The molecule has 0 radical (unpaired) electrons. The van der Waals surface area contributed by atoms with Gasteiger partial charge in [-0.15, -0.1) is 0 Å². The van der Waals surface area contributed by atoms with Crippen LogP contribution in [0.1, 0.15) is 57.8 Å².